The topological polar surface area (TPSA) is 37.4 Å². The Labute approximate surface area is 121 Å². The summed E-state index contributed by atoms with van der Waals surface area (Å²) in [5.41, 5.74) is 2.01. The molecule has 20 heavy (non-hydrogen) atoms. The van der Waals surface area contributed by atoms with E-state index in [-0.39, 0.29) is 17.7 Å². The quantitative estimate of drug-likeness (QED) is 0.792. The molecule has 2 atom stereocenters. The van der Waals surface area contributed by atoms with Gasteiger partial charge in [-0.1, -0.05) is 38.1 Å². The molecule has 0 radical (unpaired) electrons. The third-order valence-electron chi connectivity index (χ3n) is 4.28. The molecule has 0 saturated carbocycles. The number of nitrogens with zero attached hydrogens (tertiary/aromatic N) is 1. The summed E-state index contributed by atoms with van der Waals surface area (Å²) in [5, 5.41) is 0. The van der Waals surface area contributed by atoms with Crippen LogP contribution in [-0.4, -0.2) is 35.6 Å². The van der Waals surface area contributed by atoms with E-state index in [0.29, 0.717) is 25.3 Å². The summed E-state index contributed by atoms with van der Waals surface area (Å²) < 4.78 is 0. The van der Waals surface area contributed by atoms with Crippen LogP contribution in [0.3, 0.4) is 0 Å². The van der Waals surface area contributed by atoms with Gasteiger partial charge in [-0.25, -0.2) is 0 Å². The Kier molecular flexibility index (Phi) is 4.71. The fraction of sp³-hybridized carbons (Fsp3) is 0.529. The molecule has 1 aliphatic rings. The summed E-state index contributed by atoms with van der Waals surface area (Å²) in [7, 11) is 0. The number of carbonyl (C=O) groups is 2. The van der Waals surface area contributed by atoms with Crippen molar-refractivity contribution in [2.45, 2.75) is 39.7 Å². The molecule has 108 valence electrons. The Balaban J connectivity index is 2.06. The van der Waals surface area contributed by atoms with Crippen LogP contribution in [0.1, 0.15) is 43.1 Å². The van der Waals surface area contributed by atoms with E-state index < -0.39 is 0 Å². The lowest BCUT2D eigenvalue weighted by molar-refractivity contribution is -0.125. The standard InChI is InChI=1S/C17H23NO2/c1-4-14-5-7-15(8-6-14)17(20)13(3)18-10-9-16(19)12(2)11-18/h5-8,12-13H,4,9-11H2,1-3H3. The van der Waals surface area contributed by atoms with Gasteiger partial charge in [-0.2, -0.15) is 0 Å². The molecule has 2 unspecified atom stereocenters. The Bertz CT molecular complexity index is 492. The van der Waals surface area contributed by atoms with Crippen LogP contribution >= 0.6 is 0 Å². The van der Waals surface area contributed by atoms with Gasteiger partial charge in [0.15, 0.2) is 5.78 Å². The van der Waals surface area contributed by atoms with Crippen molar-refractivity contribution < 1.29 is 9.59 Å². The van der Waals surface area contributed by atoms with E-state index in [1.165, 1.54) is 5.56 Å². The molecule has 1 fully saturated rings. The van der Waals surface area contributed by atoms with Gasteiger partial charge in [0, 0.05) is 31.0 Å². The van der Waals surface area contributed by atoms with Gasteiger partial charge in [0.05, 0.1) is 6.04 Å². The summed E-state index contributed by atoms with van der Waals surface area (Å²) in [6.07, 6.45) is 1.54. The number of aryl methyl sites for hydroxylation is 1. The van der Waals surface area contributed by atoms with Crippen LogP contribution in [-0.2, 0) is 11.2 Å². The minimum Gasteiger partial charge on any atom is -0.299 e. The molecule has 0 amide bonds. The van der Waals surface area contributed by atoms with E-state index in [0.717, 1.165) is 12.0 Å². The second kappa shape index (κ2) is 6.31. The van der Waals surface area contributed by atoms with Gasteiger partial charge in [-0.05, 0) is 18.9 Å². The first-order chi connectivity index (χ1) is 9.52. The van der Waals surface area contributed by atoms with Crippen LogP contribution < -0.4 is 0 Å². The van der Waals surface area contributed by atoms with Gasteiger partial charge in [0.25, 0.3) is 0 Å². The lowest BCUT2D eigenvalue weighted by atomic mass is 9.95. The van der Waals surface area contributed by atoms with Gasteiger partial charge in [0.1, 0.15) is 5.78 Å². The van der Waals surface area contributed by atoms with Crippen molar-refractivity contribution in [3.05, 3.63) is 35.4 Å². The minimum atomic E-state index is -0.155. The highest BCUT2D eigenvalue weighted by atomic mass is 16.1. The first-order valence-electron chi connectivity index (χ1n) is 7.42. The van der Waals surface area contributed by atoms with Crippen LogP contribution in [0.25, 0.3) is 0 Å². The maximum atomic E-state index is 12.5. The number of carbonyl (C=O) groups excluding carboxylic acids is 2. The maximum Gasteiger partial charge on any atom is 0.179 e. The van der Waals surface area contributed by atoms with Gasteiger partial charge >= 0.3 is 0 Å². The van der Waals surface area contributed by atoms with E-state index in [1.807, 2.05) is 38.1 Å². The summed E-state index contributed by atoms with van der Waals surface area (Å²) in [6.45, 7) is 7.38. The number of hydrogen-bond acceptors (Lipinski definition) is 3. The summed E-state index contributed by atoms with van der Waals surface area (Å²) in [4.78, 5) is 26.2. The fourth-order valence-electron chi connectivity index (χ4n) is 2.71. The summed E-state index contributed by atoms with van der Waals surface area (Å²) in [6, 6.07) is 7.70. The Morgan fingerprint density at radius 2 is 2.00 bits per heavy atom. The molecular formula is C17H23NO2. The van der Waals surface area contributed by atoms with Crippen LogP contribution in [0.2, 0.25) is 0 Å². The average molecular weight is 273 g/mol. The first kappa shape index (κ1) is 14.9. The number of rotatable bonds is 4. The Morgan fingerprint density at radius 3 is 2.55 bits per heavy atom. The third-order valence-corrected chi connectivity index (χ3v) is 4.28. The number of benzene rings is 1. The van der Waals surface area contributed by atoms with Gasteiger partial charge in [-0.15, -0.1) is 0 Å². The van der Waals surface area contributed by atoms with Crippen LogP contribution in [0, 0.1) is 5.92 Å². The van der Waals surface area contributed by atoms with Crippen molar-refractivity contribution in [1.29, 1.82) is 0 Å². The lowest BCUT2D eigenvalue weighted by Crippen LogP contribution is -2.47. The normalized spacial score (nSPS) is 21.8. The second-order valence-corrected chi connectivity index (χ2v) is 5.70. The van der Waals surface area contributed by atoms with Crippen LogP contribution in [0.15, 0.2) is 24.3 Å². The zero-order valence-corrected chi connectivity index (χ0v) is 12.6. The molecule has 1 aliphatic heterocycles. The average Bonchev–Trinajstić information content (AvgIpc) is 2.48. The van der Waals surface area contributed by atoms with Gasteiger partial charge in [-0.3, -0.25) is 14.5 Å². The van der Waals surface area contributed by atoms with E-state index in [1.54, 1.807) is 0 Å². The minimum absolute atomic E-state index is 0.0430. The van der Waals surface area contributed by atoms with E-state index in [9.17, 15) is 9.59 Å². The molecule has 1 saturated heterocycles. The molecule has 3 nitrogen and oxygen atoms in total. The summed E-state index contributed by atoms with van der Waals surface area (Å²) >= 11 is 0. The predicted octanol–water partition coefficient (Wildman–Crippen LogP) is 2.73. The van der Waals surface area contributed by atoms with Crippen molar-refractivity contribution in [2.24, 2.45) is 5.92 Å². The first-order valence-corrected chi connectivity index (χ1v) is 7.42. The Hall–Kier alpha value is -1.48. The van der Waals surface area contributed by atoms with Crippen LogP contribution in [0.5, 0.6) is 0 Å². The predicted molar refractivity (Wildman–Crippen MR) is 80.0 cm³/mol. The highest BCUT2D eigenvalue weighted by Crippen LogP contribution is 2.18. The molecule has 0 spiro atoms. The largest absolute Gasteiger partial charge is 0.299 e. The van der Waals surface area contributed by atoms with E-state index in [4.69, 9.17) is 0 Å². The lowest BCUT2D eigenvalue weighted by Gasteiger charge is -2.34. The smallest absolute Gasteiger partial charge is 0.179 e. The number of likely N-dealkylation sites (tertiary alicyclic amines) is 1. The molecule has 1 aromatic rings. The molecular weight excluding hydrogens is 250 g/mol. The fourth-order valence-corrected chi connectivity index (χ4v) is 2.71. The number of ketones is 2. The maximum absolute atomic E-state index is 12.5. The van der Waals surface area contributed by atoms with Crippen molar-refractivity contribution in [3.63, 3.8) is 0 Å². The SMILES string of the molecule is CCc1ccc(C(=O)C(C)N2CCC(=O)C(C)C2)cc1. The van der Waals surface area contributed by atoms with Crippen molar-refractivity contribution in [1.82, 2.24) is 4.90 Å². The van der Waals surface area contributed by atoms with Gasteiger partial charge in [0.2, 0.25) is 0 Å². The molecule has 0 aromatic heterocycles. The zero-order chi connectivity index (χ0) is 14.7. The molecule has 1 aromatic carbocycles. The number of Topliss-reactive ketones (excluding diaryl/α,β-unsaturated/α-hetero) is 2. The second-order valence-electron chi connectivity index (χ2n) is 5.70. The van der Waals surface area contributed by atoms with Crippen molar-refractivity contribution in [3.8, 4) is 0 Å². The number of piperidine rings is 1. The molecule has 0 N–H and O–H groups in total. The molecule has 3 heteroatoms. The van der Waals surface area contributed by atoms with E-state index in [2.05, 4.69) is 11.8 Å². The van der Waals surface area contributed by atoms with Crippen molar-refractivity contribution >= 4 is 11.6 Å². The molecule has 0 aliphatic carbocycles. The molecule has 1 heterocycles. The van der Waals surface area contributed by atoms with Crippen molar-refractivity contribution in [2.75, 3.05) is 13.1 Å². The van der Waals surface area contributed by atoms with E-state index >= 15 is 0 Å². The number of hydrogen-bond donors (Lipinski definition) is 0. The highest BCUT2D eigenvalue weighted by Gasteiger charge is 2.29. The monoisotopic (exact) mass is 273 g/mol. The highest BCUT2D eigenvalue weighted by molar-refractivity contribution is 6.00. The third kappa shape index (κ3) is 3.15. The molecule has 0 bridgehead atoms. The van der Waals surface area contributed by atoms with Gasteiger partial charge < -0.3 is 0 Å². The zero-order valence-electron chi connectivity index (χ0n) is 12.6. The molecule has 2 rings (SSSR count). The van der Waals surface area contributed by atoms with Crippen LogP contribution in [0.4, 0.5) is 0 Å². The Morgan fingerprint density at radius 1 is 1.35 bits per heavy atom. The summed E-state index contributed by atoms with van der Waals surface area (Å²) in [5.74, 6) is 0.504.